The molecule has 0 aliphatic carbocycles. The largest absolute Gasteiger partial charge is 0.480 e. The van der Waals surface area contributed by atoms with Gasteiger partial charge in [0.15, 0.2) is 0 Å². The van der Waals surface area contributed by atoms with Crippen molar-refractivity contribution in [2.75, 3.05) is 6.54 Å². The molecule has 0 bridgehead atoms. The van der Waals surface area contributed by atoms with Crippen molar-refractivity contribution in [3.63, 3.8) is 0 Å². The lowest BCUT2D eigenvalue weighted by molar-refractivity contribution is -0.159. The van der Waals surface area contributed by atoms with Gasteiger partial charge in [0.25, 0.3) is 0 Å². The first-order valence-corrected chi connectivity index (χ1v) is 5.76. The van der Waals surface area contributed by atoms with E-state index in [4.69, 9.17) is 9.84 Å². The van der Waals surface area contributed by atoms with Gasteiger partial charge < -0.3 is 14.6 Å². The van der Waals surface area contributed by atoms with Crippen LogP contribution < -0.4 is 0 Å². The van der Waals surface area contributed by atoms with Crippen LogP contribution in [0, 0.1) is 0 Å². The van der Waals surface area contributed by atoms with Gasteiger partial charge in [0.2, 0.25) is 0 Å². The first kappa shape index (κ1) is 15.6. The number of nitrogens with zero attached hydrogens (tertiary/aromatic N) is 1. The molecule has 8 heteroatoms. The monoisotopic (exact) mass is 281 g/mol. The summed E-state index contributed by atoms with van der Waals surface area (Å²) < 4.78 is 33.5. The van der Waals surface area contributed by atoms with Crippen molar-refractivity contribution in [1.29, 1.82) is 0 Å². The second kappa shape index (κ2) is 5.68. The number of ether oxygens (including phenoxy) is 2. The summed E-state index contributed by atoms with van der Waals surface area (Å²) in [5.74, 6) is -1.27. The molecule has 1 saturated heterocycles. The Morgan fingerprint density at radius 1 is 1.37 bits per heavy atom. The quantitative estimate of drug-likeness (QED) is 0.852. The van der Waals surface area contributed by atoms with Crippen LogP contribution in [-0.2, 0) is 14.3 Å². The molecule has 0 radical (unpaired) electrons. The number of amides is 1. The van der Waals surface area contributed by atoms with Crippen molar-refractivity contribution in [3.05, 3.63) is 0 Å². The summed E-state index contributed by atoms with van der Waals surface area (Å²) in [6, 6.07) is -1.21. The number of carbonyl (C=O) groups is 2. The average molecular weight is 281 g/mol. The van der Waals surface area contributed by atoms with E-state index in [1.807, 2.05) is 0 Å². The summed E-state index contributed by atoms with van der Waals surface area (Å²) in [5, 5.41) is 8.99. The number of aliphatic carboxylic acids is 1. The fourth-order valence-corrected chi connectivity index (χ4v) is 1.80. The van der Waals surface area contributed by atoms with Crippen LogP contribution in [0.5, 0.6) is 0 Å². The van der Waals surface area contributed by atoms with E-state index >= 15 is 0 Å². The highest BCUT2D eigenvalue weighted by Gasteiger charge is 2.42. The second-order valence-corrected chi connectivity index (χ2v) is 5.24. The molecule has 1 heterocycles. The highest BCUT2D eigenvalue weighted by atomic mass is 19.3. The number of hydrogen-bond acceptors (Lipinski definition) is 4. The normalized spacial score (nSPS) is 23.8. The molecule has 0 aromatic rings. The van der Waals surface area contributed by atoms with Crippen LogP contribution in [0.3, 0.4) is 0 Å². The van der Waals surface area contributed by atoms with E-state index in [2.05, 4.69) is 4.74 Å². The van der Waals surface area contributed by atoms with Crippen LogP contribution in [0.2, 0.25) is 0 Å². The maximum Gasteiger partial charge on any atom is 0.411 e. The Balaban J connectivity index is 2.74. The summed E-state index contributed by atoms with van der Waals surface area (Å²) >= 11 is 0. The summed E-state index contributed by atoms with van der Waals surface area (Å²) in [7, 11) is 0. The lowest BCUT2D eigenvalue weighted by Gasteiger charge is -2.26. The molecule has 1 N–H and O–H groups in total. The Labute approximate surface area is 109 Å². The lowest BCUT2D eigenvalue weighted by Crippen LogP contribution is -2.43. The second-order valence-electron chi connectivity index (χ2n) is 5.24. The Morgan fingerprint density at radius 2 is 1.95 bits per heavy atom. The highest BCUT2D eigenvalue weighted by molar-refractivity contribution is 5.81. The topological polar surface area (TPSA) is 76.1 Å². The molecule has 2 unspecified atom stereocenters. The van der Waals surface area contributed by atoms with E-state index in [1.54, 1.807) is 20.8 Å². The van der Waals surface area contributed by atoms with Gasteiger partial charge in [-0.15, -0.1) is 0 Å². The number of halogens is 2. The third kappa shape index (κ3) is 4.62. The van der Waals surface area contributed by atoms with Gasteiger partial charge in [-0.1, -0.05) is 0 Å². The van der Waals surface area contributed by atoms with Crippen molar-refractivity contribution < 1.29 is 33.0 Å². The van der Waals surface area contributed by atoms with Crippen LogP contribution in [0.15, 0.2) is 0 Å². The van der Waals surface area contributed by atoms with Crippen LogP contribution in [0.25, 0.3) is 0 Å². The molecule has 2 atom stereocenters. The van der Waals surface area contributed by atoms with E-state index in [1.165, 1.54) is 0 Å². The van der Waals surface area contributed by atoms with Gasteiger partial charge >= 0.3 is 18.7 Å². The van der Waals surface area contributed by atoms with Gasteiger partial charge in [-0.3, -0.25) is 4.90 Å². The van der Waals surface area contributed by atoms with Crippen LogP contribution in [0.4, 0.5) is 13.6 Å². The first-order valence-electron chi connectivity index (χ1n) is 5.76. The molecular formula is C11H17F2NO5. The number of likely N-dealkylation sites (tertiary alicyclic amines) is 1. The van der Waals surface area contributed by atoms with Crippen LogP contribution in [-0.4, -0.2) is 53.0 Å². The molecule has 0 spiro atoms. The maximum atomic E-state index is 12.1. The minimum atomic E-state index is -3.00. The molecule has 19 heavy (non-hydrogen) atoms. The lowest BCUT2D eigenvalue weighted by atomic mass is 10.2. The van der Waals surface area contributed by atoms with E-state index in [0.717, 1.165) is 4.90 Å². The summed E-state index contributed by atoms with van der Waals surface area (Å²) in [6.07, 6.45) is -2.03. The Bertz CT molecular complexity index is 355. The molecule has 1 fully saturated rings. The minimum Gasteiger partial charge on any atom is -0.480 e. The van der Waals surface area contributed by atoms with E-state index in [9.17, 15) is 18.4 Å². The third-order valence-corrected chi connectivity index (χ3v) is 2.47. The van der Waals surface area contributed by atoms with Crippen LogP contribution in [0.1, 0.15) is 27.2 Å². The number of carboxylic acid groups (broad SMARTS) is 1. The SMILES string of the molecule is CC(C)(C)OC(=O)N1CC(OC(F)F)CC1C(=O)O. The molecule has 1 amide bonds. The predicted octanol–water partition coefficient (Wildman–Crippen LogP) is 1.69. The van der Waals surface area contributed by atoms with Crippen molar-refractivity contribution >= 4 is 12.1 Å². The van der Waals surface area contributed by atoms with Crippen molar-refractivity contribution in [2.24, 2.45) is 0 Å². The average Bonchev–Trinajstić information content (AvgIpc) is 2.57. The molecule has 1 aliphatic heterocycles. The number of carboxylic acids is 1. The van der Waals surface area contributed by atoms with Gasteiger partial charge in [-0.05, 0) is 20.8 Å². The third-order valence-electron chi connectivity index (χ3n) is 2.47. The molecule has 0 aromatic carbocycles. The van der Waals surface area contributed by atoms with E-state index in [0.29, 0.717) is 0 Å². The van der Waals surface area contributed by atoms with Gasteiger partial charge in [0.1, 0.15) is 11.6 Å². The zero-order valence-corrected chi connectivity index (χ0v) is 10.9. The molecule has 0 saturated carbocycles. The Morgan fingerprint density at radius 3 is 2.37 bits per heavy atom. The Hall–Kier alpha value is -1.44. The summed E-state index contributed by atoms with van der Waals surface area (Å²) in [5.41, 5.74) is -0.790. The van der Waals surface area contributed by atoms with Crippen molar-refractivity contribution in [2.45, 2.75) is 51.6 Å². The van der Waals surface area contributed by atoms with Gasteiger partial charge in [-0.2, -0.15) is 8.78 Å². The predicted molar refractivity (Wildman–Crippen MR) is 59.9 cm³/mol. The number of alkyl halides is 2. The zero-order valence-electron chi connectivity index (χ0n) is 10.9. The fourth-order valence-electron chi connectivity index (χ4n) is 1.80. The molecule has 1 aliphatic rings. The molecule has 6 nitrogen and oxygen atoms in total. The first-order chi connectivity index (χ1) is 8.60. The van der Waals surface area contributed by atoms with Gasteiger partial charge in [-0.25, -0.2) is 9.59 Å². The highest BCUT2D eigenvalue weighted by Crippen LogP contribution is 2.24. The van der Waals surface area contributed by atoms with Gasteiger partial charge in [0.05, 0.1) is 12.6 Å². The van der Waals surface area contributed by atoms with Crippen molar-refractivity contribution in [1.82, 2.24) is 4.90 Å². The van der Waals surface area contributed by atoms with Crippen molar-refractivity contribution in [3.8, 4) is 0 Å². The molecule has 1 rings (SSSR count). The van der Waals surface area contributed by atoms with E-state index < -0.39 is 36.4 Å². The smallest absolute Gasteiger partial charge is 0.411 e. The summed E-state index contributed by atoms with van der Waals surface area (Å²) in [4.78, 5) is 23.7. The fraction of sp³-hybridized carbons (Fsp3) is 0.818. The van der Waals surface area contributed by atoms with Crippen LogP contribution >= 0.6 is 0 Å². The molecule has 110 valence electrons. The van der Waals surface area contributed by atoms with E-state index in [-0.39, 0.29) is 13.0 Å². The number of carbonyl (C=O) groups excluding carboxylic acids is 1. The standard InChI is InChI=1S/C11H17F2NO5/c1-11(2,3)19-10(17)14-5-6(18-9(12)13)4-7(14)8(15)16/h6-7,9H,4-5H2,1-3H3,(H,15,16). The number of hydrogen-bond donors (Lipinski definition) is 1. The summed E-state index contributed by atoms with van der Waals surface area (Å²) in [6.45, 7) is 1.66. The molecular weight excluding hydrogens is 264 g/mol. The Kier molecular flexibility index (Phi) is 4.67. The molecule has 0 aromatic heterocycles. The van der Waals surface area contributed by atoms with Gasteiger partial charge in [0, 0.05) is 6.42 Å². The minimum absolute atomic E-state index is 0.182. The zero-order chi connectivity index (χ0) is 14.8. The maximum absolute atomic E-state index is 12.1. The number of rotatable bonds is 3.